The third kappa shape index (κ3) is 2.33. The van der Waals surface area contributed by atoms with Crippen LogP contribution in [0.25, 0.3) is 0 Å². The molecule has 0 bridgehead atoms. The van der Waals surface area contributed by atoms with Crippen molar-refractivity contribution in [3.8, 4) is 0 Å². The van der Waals surface area contributed by atoms with E-state index in [9.17, 15) is 5.11 Å². The number of aliphatic hydroxyl groups excluding tert-OH is 1. The highest BCUT2D eigenvalue weighted by molar-refractivity contribution is 6.03. The standard InChI is InChI=1S/C14H23N5O/c1-19-9-16-10-11(19)17-13(18-12(10)20)14(15)7-5-3-2-4-6-8-14/h9,12,20H,2-8,15H2,1H3,(H,17,18). The molecule has 2 heterocycles. The van der Waals surface area contributed by atoms with Crippen LogP contribution in [0.3, 0.4) is 0 Å². The lowest BCUT2D eigenvalue weighted by atomic mass is 9.83. The van der Waals surface area contributed by atoms with Gasteiger partial charge in [0.1, 0.15) is 17.3 Å². The molecular weight excluding hydrogens is 254 g/mol. The number of nitrogens with zero attached hydrogens (tertiary/aromatic N) is 3. The number of aromatic nitrogens is 2. The quantitative estimate of drug-likeness (QED) is 0.728. The molecule has 0 aromatic carbocycles. The van der Waals surface area contributed by atoms with E-state index >= 15 is 0 Å². The third-order valence-corrected chi connectivity index (χ3v) is 4.42. The Balaban J connectivity index is 1.87. The lowest BCUT2D eigenvalue weighted by Gasteiger charge is -2.35. The number of anilines is 1. The number of nitrogens with two attached hydrogens (primary N) is 1. The fourth-order valence-corrected chi connectivity index (χ4v) is 3.14. The van der Waals surface area contributed by atoms with Crippen LogP contribution in [-0.4, -0.2) is 26.0 Å². The van der Waals surface area contributed by atoms with Gasteiger partial charge in [0.05, 0.1) is 11.9 Å². The third-order valence-electron chi connectivity index (χ3n) is 4.42. The summed E-state index contributed by atoms with van der Waals surface area (Å²) in [5, 5.41) is 13.5. The Bertz CT molecular complexity index is 514. The minimum Gasteiger partial charge on any atom is -0.366 e. The van der Waals surface area contributed by atoms with Crippen LogP contribution in [-0.2, 0) is 7.05 Å². The molecular formula is C14H23N5O. The molecule has 1 unspecified atom stereocenters. The Hall–Kier alpha value is -1.40. The highest BCUT2D eigenvalue weighted by atomic mass is 16.3. The van der Waals surface area contributed by atoms with Gasteiger partial charge in [-0.2, -0.15) is 0 Å². The number of imidazole rings is 1. The van der Waals surface area contributed by atoms with E-state index in [1.165, 1.54) is 19.3 Å². The second-order valence-corrected chi connectivity index (χ2v) is 5.99. The van der Waals surface area contributed by atoms with Crippen LogP contribution in [0.2, 0.25) is 0 Å². The fourth-order valence-electron chi connectivity index (χ4n) is 3.14. The molecule has 1 aromatic rings. The van der Waals surface area contributed by atoms with Crippen LogP contribution in [0.4, 0.5) is 5.82 Å². The normalized spacial score (nSPS) is 25.9. The maximum atomic E-state index is 10.2. The highest BCUT2D eigenvalue weighted by Gasteiger charge is 2.36. The zero-order valence-electron chi connectivity index (χ0n) is 12.0. The molecule has 1 fully saturated rings. The maximum absolute atomic E-state index is 10.2. The summed E-state index contributed by atoms with van der Waals surface area (Å²) in [7, 11) is 1.90. The molecule has 0 radical (unpaired) electrons. The number of aliphatic imine (C=N–C) groups is 1. The summed E-state index contributed by atoms with van der Waals surface area (Å²) in [6.45, 7) is 0. The lowest BCUT2D eigenvalue weighted by Crippen LogP contribution is -2.52. The number of hydrogen-bond acceptors (Lipinski definition) is 5. The lowest BCUT2D eigenvalue weighted by molar-refractivity contribution is 0.182. The number of fused-ring (bicyclic) bond motifs is 1. The van der Waals surface area contributed by atoms with Crippen LogP contribution in [0.15, 0.2) is 11.3 Å². The van der Waals surface area contributed by atoms with Crippen molar-refractivity contribution in [1.82, 2.24) is 9.55 Å². The minimum atomic E-state index is -0.909. The van der Waals surface area contributed by atoms with Crippen molar-refractivity contribution in [3.63, 3.8) is 0 Å². The number of hydrogen-bond donors (Lipinski definition) is 3. The Kier molecular flexibility index (Phi) is 3.52. The molecule has 1 atom stereocenters. The van der Waals surface area contributed by atoms with Gasteiger partial charge in [0, 0.05) is 7.05 Å². The van der Waals surface area contributed by atoms with E-state index in [4.69, 9.17) is 5.73 Å². The molecule has 4 N–H and O–H groups in total. The molecule has 110 valence electrons. The molecule has 3 rings (SSSR count). The van der Waals surface area contributed by atoms with E-state index in [2.05, 4.69) is 15.3 Å². The molecule has 1 aliphatic heterocycles. The van der Waals surface area contributed by atoms with Gasteiger partial charge >= 0.3 is 0 Å². The Morgan fingerprint density at radius 1 is 1.30 bits per heavy atom. The molecule has 0 amide bonds. The van der Waals surface area contributed by atoms with Crippen molar-refractivity contribution >= 4 is 11.7 Å². The summed E-state index contributed by atoms with van der Waals surface area (Å²) >= 11 is 0. The van der Waals surface area contributed by atoms with Gasteiger partial charge in [0.15, 0.2) is 6.23 Å². The smallest absolute Gasteiger partial charge is 0.194 e. The largest absolute Gasteiger partial charge is 0.366 e. The number of aryl methyl sites for hydroxylation is 1. The molecule has 6 heteroatoms. The molecule has 6 nitrogen and oxygen atoms in total. The summed E-state index contributed by atoms with van der Waals surface area (Å²) in [5.41, 5.74) is 6.73. The summed E-state index contributed by atoms with van der Waals surface area (Å²) in [6.07, 6.45) is 8.59. The van der Waals surface area contributed by atoms with Crippen molar-refractivity contribution < 1.29 is 5.11 Å². The van der Waals surface area contributed by atoms with E-state index in [1.54, 1.807) is 6.33 Å². The first-order valence-electron chi connectivity index (χ1n) is 7.44. The van der Waals surface area contributed by atoms with Gasteiger partial charge in [0.25, 0.3) is 0 Å². The van der Waals surface area contributed by atoms with Crippen molar-refractivity contribution in [2.75, 3.05) is 5.32 Å². The second kappa shape index (κ2) is 5.18. The molecule has 1 aromatic heterocycles. The fraction of sp³-hybridized carbons (Fsp3) is 0.714. The van der Waals surface area contributed by atoms with Gasteiger partial charge in [-0.15, -0.1) is 0 Å². The first-order chi connectivity index (χ1) is 9.60. The predicted octanol–water partition coefficient (Wildman–Crippen LogP) is 1.68. The molecule has 1 aliphatic carbocycles. The number of amidine groups is 1. The van der Waals surface area contributed by atoms with E-state index < -0.39 is 11.8 Å². The topological polar surface area (TPSA) is 88.5 Å². The van der Waals surface area contributed by atoms with Gasteiger partial charge in [-0.25, -0.2) is 9.98 Å². The summed E-state index contributed by atoms with van der Waals surface area (Å²) < 4.78 is 1.86. The minimum absolute atomic E-state index is 0.455. The first-order valence-corrected chi connectivity index (χ1v) is 7.44. The molecule has 20 heavy (non-hydrogen) atoms. The van der Waals surface area contributed by atoms with Crippen LogP contribution < -0.4 is 11.1 Å². The second-order valence-electron chi connectivity index (χ2n) is 5.99. The van der Waals surface area contributed by atoms with Crippen LogP contribution in [0, 0.1) is 0 Å². The van der Waals surface area contributed by atoms with Crippen molar-refractivity contribution in [2.45, 2.75) is 56.7 Å². The van der Waals surface area contributed by atoms with E-state index in [0.29, 0.717) is 11.5 Å². The average molecular weight is 277 g/mol. The Morgan fingerprint density at radius 3 is 2.65 bits per heavy atom. The van der Waals surface area contributed by atoms with Crippen molar-refractivity contribution in [3.05, 3.63) is 12.0 Å². The van der Waals surface area contributed by atoms with E-state index in [1.807, 2.05) is 11.6 Å². The summed E-state index contributed by atoms with van der Waals surface area (Å²) in [4.78, 5) is 8.54. The SMILES string of the molecule is Cn1cnc2c1NC(C1(N)CCCCCCC1)=NC2O. The van der Waals surface area contributed by atoms with Crippen LogP contribution in [0.1, 0.15) is 56.9 Å². The van der Waals surface area contributed by atoms with Gasteiger partial charge in [-0.05, 0) is 12.8 Å². The number of rotatable bonds is 1. The molecule has 0 saturated heterocycles. The molecule has 1 saturated carbocycles. The van der Waals surface area contributed by atoms with Gasteiger partial charge < -0.3 is 20.7 Å². The maximum Gasteiger partial charge on any atom is 0.194 e. The average Bonchev–Trinajstić information content (AvgIpc) is 2.77. The van der Waals surface area contributed by atoms with Gasteiger partial charge in [0.2, 0.25) is 0 Å². The zero-order chi connectivity index (χ0) is 14.2. The summed E-state index contributed by atoms with van der Waals surface area (Å²) in [5.74, 6) is 1.51. The van der Waals surface area contributed by atoms with Gasteiger partial charge in [-0.3, -0.25) is 0 Å². The van der Waals surface area contributed by atoms with E-state index in [0.717, 1.165) is 31.5 Å². The number of nitrogens with one attached hydrogen (secondary N) is 1. The highest BCUT2D eigenvalue weighted by Crippen LogP contribution is 2.32. The van der Waals surface area contributed by atoms with Gasteiger partial charge in [-0.1, -0.05) is 32.1 Å². The summed E-state index contributed by atoms with van der Waals surface area (Å²) in [6, 6.07) is 0. The van der Waals surface area contributed by atoms with Crippen molar-refractivity contribution in [1.29, 1.82) is 0 Å². The molecule has 2 aliphatic rings. The monoisotopic (exact) mass is 277 g/mol. The van der Waals surface area contributed by atoms with Crippen molar-refractivity contribution in [2.24, 2.45) is 17.8 Å². The Morgan fingerprint density at radius 2 is 1.95 bits per heavy atom. The Labute approximate surface area is 119 Å². The number of aliphatic hydroxyl groups is 1. The first kappa shape index (κ1) is 13.6. The zero-order valence-corrected chi connectivity index (χ0v) is 12.0. The predicted molar refractivity (Wildman–Crippen MR) is 78.5 cm³/mol. The molecule has 0 spiro atoms. The van der Waals surface area contributed by atoms with Crippen LogP contribution in [0.5, 0.6) is 0 Å². The van der Waals surface area contributed by atoms with Crippen LogP contribution >= 0.6 is 0 Å². The van der Waals surface area contributed by atoms with E-state index in [-0.39, 0.29) is 0 Å².